The number of benzene rings is 2. The van der Waals surface area contributed by atoms with E-state index in [0.29, 0.717) is 26.2 Å². The molecule has 0 unspecified atom stereocenters. The molecule has 2 aliphatic heterocycles. The number of aromatic nitrogens is 2. The summed E-state index contributed by atoms with van der Waals surface area (Å²) in [7, 11) is 0. The Kier molecular flexibility index (Phi) is 4.84. The molecule has 2 aromatic carbocycles. The number of fused-ring (bicyclic) bond motifs is 2. The third-order valence-corrected chi connectivity index (χ3v) is 5.82. The predicted octanol–water partition coefficient (Wildman–Crippen LogP) is 3.95. The molecule has 0 N–H and O–H groups in total. The van der Waals surface area contributed by atoms with Gasteiger partial charge in [0.15, 0.2) is 11.5 Å². The second kappa shape index (κ2) is 7.78. The normalized spacial score (nSPS) is 18.8. The number of likely N-dealkylation sites (tertiary alicyclic amines) is 1. The van der Waals surface area contributed by atoms with Crippen LogP contribution in [-0.4, -0.2) is 40.1 Å². The van der Waals surface area contributed by atoms with Crippen molar-refractivity contribution in [3.63, 3.8) is 0 Å². The maximum Gasteiger partial charge on any atom is 0.224 e. The van der Waals surface area contributed by atoms with Gasteiger partial charge >= 0.3 is 0 Å². The average Bonchev–Trinajstić information content (AvgIpc) is 3.33. The Hall–Kier alpha value is -3.02. The highest BCUT2D eigenvalue weighted by Gasteiger charge is 2.30. The molecule has 3 aromatic rings. The van der Waals surface area contributed by atoms with Crippen molar-refractivity contribution in [1.82, 2.24) is 14.5 Å². The van der Waals surface area contributed by atoms with E-state index >= 15 is 0 Å². The van der Waals surface area contributed by atoms with E-state index in [1.54, 1.807) is 0 Å². The molecule has 0 aliphatic carbocycles. The van der Waals surface area contributed by atoms with Crippen molar-refractivity contribution in [2.45, 2.75) is 38.3 Å². The molecule has 3 heterocycles. The fourth-order valence-corrected chi connectivity index (χ4v) is 4.35. The molecule has 2 aliphatic rings. The van der Waals surface area contributed by atoms with Crippen molar-refractivity contribution in [2.75, 3.05) is 19.8 Å². The summed E-state index contributed by atoms with van der Waals surface area (Å²) in [4.78, 5) is 19.5. The average molecular weight is 391 g/mol. The first-order chi connectivity index (χ1) is 14.3. The van der Waals surface area contributed by atoms with Crippen molar-refractivity contribution < 1.29 is 14.3 Å². The van der Waals surface area contributed by atoms with Gasteiger partial charge in [-0.25, -0.2) is 4.98 Å². The van der Waals surface area contributed by atoms with E-state index in [2.05, 4.69) is 21.7 Å². The van der Waals surface area contributed by atoms with Gasteiger partial charge in [-0.05, 0) is 42.7 Å². The van der Waals surface area contributed by atoms with Crippen molar-refractivity contribution >= 4 is 16.9 Å². The molecule has 29 heavy (non-hydrogen) atoms. The van der Waals surface area contributed by atoms with Crippen molar-refractivity contribution in [3.05, 3.63) is 54.4 Å². The largest absolute Gasteiger partial charge is 0.490 e. The predicted molar refractivity (Wildman–Crippen MR) is 110 cm³/mol. The highest BCUT2D eigenvalue weighted by atomic mass is 16.5. The van der Waals surface area contributed by atoms with E-state index < -0.39 is 0 Å². The highest BCUT2D eigenvalue weighted by Crippen LogP contribution is 2.38. The van der Waals surface area contributed by atoms with E-state index in [-0.39, 0.29) is 11.9 Å². The Morgan fingerprint density at radius 1 is 1.07 bits per heavy atom. The van der Waals surface area contributed by atoms with Crippen molar-refractivity contribution in [1.29, 1.82) is 0 Å². The molecule has 1 atom stereocenters. The van der Waals surface area contributed by atoms with E-state index in [0.717, 1.165) is 53.9 Å². The molecule has 6 nitrogen and oxygen atoms in total. The summed E-state index contributed by atoms with van der Waals surface area (Å²) in [6.07, 6.45) is 5.20. The molecule has 0 spiro atoms. The smallest absolute Gasteiger partial charge is 0.224 e. The number of imidazole rings is 1. The van der Waals surface area contributed by atoms with Crippen LogP contribution in [-0.2, 0) is 11.3 Å². The molecule has 1 aromatic heterocycles. The Morgan fingerprint density at radius 3 is 2.86 bits per heavy atom. The first-order valence-electron chi connectivity index (χ1n) is 10.4. The Bertz CT molecular complexity index is 1030. The summed E-state index contributed by atoms with van der Waals surface area (Å²) >= 11 is 0. The molecule has 0 saturated carbocycles. The minimum absolute atomic E-state index is 0.110. The molecule has 1 fully saturated rings. The zero-order valence-electron chi connectivity index (χ0n) is 16.4. The SMILES string of the molecule is O=C(CCn1cnc2ccccc21)N1CCC[C@H]1c1ccc2c(c1)OCCCO2. The van der Waals surface area contributed by atoms with E-state index in [4.69, 9.17) is 9.47 Å². The number of para-hydroxylation sites is 2. The summed E-state index contributed by atoms with van der Waals surface area (Å²) in [6.45, 7) is 2.80. The number of carbonyl (C=O) groups is 1. The lowest BCUT2D eigenvalue weighted by Gasteiger charge is -2.26. The standard InChI is InChI=1S/C23H25N3O3/c27-23(10-12-25-16-24-18-5-1-2-6-20(18)25)26-11-3-7-19(26)17-8-9-21-22(15-17)29-14-4-13-28-21/h1-2,5-6,8-9,15-16,19H,3-4,7,10-14H2/t19-/m0/s1. The van der Waals surface area contributed by atoms with Crippen LogP contribution in [0.4, 0.5) is 0 Å². The van der Waals surface area contributed by atoms with Gasteiger partial charge in [0, 0.05) is 25.9 Å². The van der Waals surface area contributed by atoms with Gasteiger partial charge < -0.3 is 18.9 Å². The van der Waals surface area contributed by atoms with E-state index in [9.17, 15) is 4.79 Å². The summed E-state index contributed by atoms with van der Waals surface area (Å²) in [5, 5.41) is 0. The minimum Gasteiger partial charge on any atom is -0.490 e. The van der Waals surface area contributed by atoms with Crippen molar-refractivity contribution in [2.24, 2.45) is 0 Å². The van der Waals surface area contributed by atoms with Gasteiger partial charge in [-0.15, -0.1) is 0 Å². The van der Waals surface area contributed by atoms with Crippen LogP contribution in [0, 0.1) is 0 Å². The summed E-state index contributed by atoms with van der Waals surface area (Å²) in [5.41, 5.74) is 3.17. The lowest BCUT2D eigenvalue weighted by Crippen LogP contribution is -2.31. The molecule has 150 valence electrons. The zero-order chi connectivity index (χ0) is 19.6. The number of aryl methyl sites for hydroxylation is 1. The Labute approximate surface area is 170 Å². The number of hydrogen-bond donors (Lipinski definition) is 0. The van der Waals surface area contributed by atoms with Crippen molar-refractivity contribution in [3.8, 4) is 11.5 Å². The molecule has 1 saturated heterocycles. The van der Waals surface area contributed by atoms with Gasteiger partial charge in [-0.1, -0.05) is 18.2 Å². The van der Waals surface area contributed by atoms with Gasteiger partial charge in [0.25, 0.3) is 0 Å². The molecule has 1 amide bonds. The lowest BCUT2D eigenvalue weighted by atomic mass is 10.0. The van der Waals surface area contributed by atoms with Crippen LogP contribution in [0.5, 0.6) is 11.5 Å². The van der Waals surface area contributed by atoms with E-state index in [1.165, 1.54) is 0 Å². The minimum atomic E-state index is 0.110. The van der Waals surface area contributed by atoms with Crippen LogP contribution < -0.4 is 9.47 Å². The van der Waals surface area contributed by atoms with Crippen LogP contribution in [0.15, 0.2) is 48.8 Å². The molecular formula is C23H25N3O3. The Balaban J connectivity index is 1.30. The maximum atomic E-state index is 13.0. The molecule has 5 rings (SSSR count). The number of amides is 1. The summed E-state index contributed by atoms with van der Waals surface area (Å²) in [6, 6.07) is 14.2. The number of rotatable bonds is 4. The van der Waals surface area contributed by atoms with Crippen LogP contribution in [0.25, 0.3) is 11.0 Å². The van der Waals surface area contributed by atoms with Gasteiger partial charge in [0.2, 0.25) is 5.91 Å². The van der Waals surface area contributed by atoms with Gasteiger partial charge in [0.1, 0.15) is 0 Å². The third kappa shape index (κ3) is 3.55. The Morgan fingerprint density at radius 2 is 1.93 bits per heavy atom. The monoisotopic (exact) mass is 391 g/mol. The highest BCUT2D eigenvalue weighted by molar-refractivity contribution is 5.78. The van der Waals surface area contributed by atoms with Crippen LogP contribution in [0.2, 0.25) is 0 Å². The van der Waals surface area contributed by atoms with Gasteiger partial charge in [-0.3, -0.25) is 4.79 Å². The molecule has 0 bridgehead atoms. The lowest BCUT2D eigenvalue weighted by molar-refractivity contribution is -0.132. The first kappa shape index (κ1) is 18.0. The number of hydrogen-bond acceptors (Lipinski definition) is 4. The number of nitrogens with zero attached hydrogens (tertiary/aromatic N) is 3. The van der Waals surface area contributed by atoms with Crippen LogP contribution in [0.3, 0.4) is 0 Å². The number of ether oxygens (including phenoxy) is 2. The van der Waals surface area contributed by atoms with Gasteiger partial charge in [0.05, 0.1) is 36.6 Å². The number of carbonyl (C=O) groups excluding carboxylic acids is 1. The van der Waals surface area contributed by atoms with Crippen LogP contribution >= 0.6 is 0 Å². The first-order valence-corrected chi connectivity index (χ1v) is 10.4. The van der Waals surface area contributed by atoms with E-state index in [1.807, 2.05) is 41.6 Å². The summed E-state index contributed by atoms with van der Waals surface area (Å²) < 4.78 is 13.6. The molecule has 0 radical (unpaired) electrons. The second-order valence-corrected chi connectivity index (χ2v) is 7.68. The van der Waals surface area contributed by atoms with Gasteiger partial charge in [-0.2, -0.15) is 0 Å². The maximum absolute atomic E-state index is 13.0. The fourth-order valence-electron chi connectivity index (χ4n) is 4.35. The second-order valence-electron chi connectivity index (χ2n) is 7.68. The topological polar surface area (TPSA) is 56.6 Å². The third-order valence-electron chi connectivity index (χ3n) is 5.82. The molecule has 6 heteroatoms. The van der Waals surface area contributed by atoms with Crippen LogP contribution in [0.1, 0.15) is 37.3 Å². The quantitative estimate of drug-likeness (QED) is 0.676. The summed E-state index contributed by atoms with van der Waals surface area (Å²) in [5.74, 6) is 1.79. The fraction of sp³-hybridized carbons (Fsp3) is 0.391. The zero-order valence-corrected chi connectivity index (χ0v) is 16.4. The molecular weight excluding hydrogens is 366 g/mol.